The summed E-state index contributed by atoms with van der Waals surface area (Å²) in [6, 6.07) is 8.27. The van der Waals surface area contributed by atoms with E-state index < -0.39 is 11.7 Å². The van der Waals surface area contributed by atoms with Crippen molar-refractivity contribution in [3.05, 3.63) is 58.5 Å². The molecule has 0 atom stereocenters. The van der Waals surface area contributed by atoms with Gasteiger partial charge in [-0.2, -0.15) is 0 Å². The molecule has 0 saturated carbocycles. The van der Waals surface area contributed by atoms with E-state index in [1.54, 1.807) is 24.3 Å². The zero-order valence-electron chi connectivity index (χ0n) is 10.4. The maximum atomic E-state index is 13.8. The Morgan fingerprint density at radius 3 is 2.65 bits per heavy atom. The van der Waals surface area contributed by atoms with E-state index in [0.29, 0.717) is 5.02 Å². The molecule has 0 spiro atoms. The van der Waals surface area contributed by atoms with Crippen LogP contribution >= 0.6 is 11.6 Å². The lowest BCUT2D eigenvalue weighted by Gasteiger charge is -2.08. The van der Waals surface area contributed by atoms with E-state index in [-0.39, 0.29) is 17.9 Å². The van der Waals surface area contributed by atoms with Gasteiger partial charge in [0.15, 0.2) is 11.6 Å². The van der Waals surface area contributed by atoms with Crippen LogP contribution in [0.25, 0.3) is 0 Å². The van der Waals surface area contributed by atoms with Gasteiger partial charge in [0.1, 0.15) is 0 Å². The molecule has 0 saturated heterocycles. The lowest BCUT2D eigenvalue weighted by Crippen LogP contribution is -2.24. The number of halogens is 2. The Kier molecular flexibility index (Phi) is 4.49. The third kappa shape index (κ3) is 3.23. The molecule has 2 aromatic rings. The van der Waals surface area contributed by atoms with E-state index in [9.17, 15) is 9.18 Å². The molecule has 1 amide bonds. The standard InChI is InChI=1S/C13H12ClFN4O/c14-9-3-1-8(2-4-9)7-18-13(20)10-5-6-17-12(19-16)11(10)15/h1-6H,7,16H2,(H,17,19)(H,18,20). The minimum atomic E-state index is -0.788. The molecule has 1 aromatic heterocycles. The summed E-state index contributed by atoms with van der Waals surface area (Å²) in [6.07, 6.45) is 1.30. The van der Waals surface area contributed by atoms with Crippen LogP contribution < -0.4 is 16.6 Å². The molecule has 4 N–H and O–H groups in total. The fourth-order valence-electron chi connectivity index (χ4n) is 1.60. The molecule has 2 rings (SSSR count). The first-order valence-electron chi connectivity index (χ1n) is 5.75. The molecule has 0 fully saturated rings. The Labute approximate surface area is 119 Å². The summed E-state index contributed by atoms with van der Waals surface area (Å²) < 4.78 is 13.8. The highest BCUT2D eigenvalue weighted by atomic mass is 35.5. The smallest absolute Gasteiger partial charge is 0.254 e. The quantitative estimate of drug-likeness (QED) is 0.596. The van der Waals surface area contributed by atoms with Crippen molar-refractivity contribution in [2.24, 2.45) is 5.84 Å². The van der Waals surface area contributed by atoms with Gasteiger partial charge in [0.05, 0.1) is 5.56 Å². The highest BCUT2D eigenvalue weighted by molar-refractivity contribution is 6.30. The number of nitrogens with one attached hydrogen (secondary N) is 2. The van der Waals surface area contributed by atoms with Gasteiger partial charge in [-0.05, 0) is 23.8 Å². The van der Waals surface area contributed by atoms with Crippen molar-refractivity contribution < 1.29 is 9.18 Å². The van der Waals surface area contributed by atoms with E-state index >= 15 is 0 Å². The summed E-state index contributed by atoms with van der Waals surface area (Å²) in [4.78, 5) is 15.6. The Bertz CT molecular complexity index is 618. The fourth-order valence-corrected chi connectivity index (χ4v) is 1.73. The first-order valence-corrected chi connectivity index (χ1v) is 6.13. The lowest BCUT2D eigenvalue weighted by atomic mass is 10.2. The molecule has 0 unspecified atom stereocenters. The number of pyridine rings is 1. The molecule has 1 aromatic carbocycles. The number of nitrogens with two attached hydrogens (primary N) is 1. The summed E-state index contributed by atoms with van der Waals surface area (Å²) in [6.45, 7) is 0.267. The van der Waals surface area contributed by atoms with Crippen LogP contribution in [0, 0.1) is 5.82 Å². The monoisotopic (exact) mass is 294 g/mol. The van der Waals surface area contributed by atoms with E-state index in [2.05, 4.69) is 15.7 Å². The third-order valence-electron chi connectivity index (χ3n) is 2.64. The second-order valence-electron chi connectivity index (χ2n) is 3.97. The van der Waals surface area contributed by atoms with E-state index in [4.69, 9.17) is 17.4 Å². The average molecular weight is 295 g/mol. The highest BCUT2D eigenvalue weighted by Crippen LogP contribution is 2.14. The molecule has 0 aliphatic heterocycles. The minimum absolute atomic E-state index is 0.123. The van der Waals surface area contributed by atoms with Crippen molar-refractivity contribution in [2.75, 3.05) is 5.43 Å². The molecule has 20 heavy (non-hydrogen) atoms. The number of benzene rings is 1. The Balaban J connectivity index is 2.07. The second kappa shape index (κ2) is 6.31. The fraction of sp³-hybridized carbons (Fsp3) is 0.0769. The van der Waals surface area contributed by atoms with Crippen LogP contribution in [0.1, 0.15) is 15.9 Å². The lowest BCUT2D eigenvalue weighted by molar-refractivity contribution is 0.0947. The molecule has 1 heterocycles. The first kappa shape index (κ1) is 14.2. The molecule has 104 valence electrons. The van der Waals surface area contributed by atoms with Crippen LogP contribution in [0.5, 0.6) is 0 Å². The number of aromatic nitrogens is 1. The van der Waals surface area contributed by atoms with Crippen molar-refractivity contribution in [3.8, 4) is 0 Å². The summed E-state index contributed by atoms with van der Waals surface area (Å²) >= 11 is 5.76. The average Bonchev–Trinajstić information content (AvgIpc) is 2.46. The number of anilines is 1. The van der Waals surface area contributed by atoms with Crippen molar-refractivity contribution in [2.45, 2.75) is 6.54 Å². The number of hydrazine groups is 1. The Morgan fingerprint density at radius 1 is 1.30 bits per heavy atom. The van der Waals surface area contributed by atoms with Crippen molar-refractivity contribution in [3.63, 3.8) is 0 Å². The predicted octanol–water partition coefficient (Wildman–Crippen LogP) is 2.09. The third-order valence-corrected chi connectivity index (χ3v) is 2.89. The number of rotatable bonds is 4. The predicted molar refractivity (Wildman–Crippen MR) is 74.6 cm³/mol. The second-order valence-corrected chi connectivity index (χ2v) is 4.41. The summed E-state index contributed by atoms with van der Waals surface area (Å²) in [5.74, 6) is 3.59. The van der Waals surface area contributed by atoms with Gasteiger partial charge < -0.3 is 10.7 Å². The van der Waals surface area contributed by atoms with Crippen LogP contribution in [0.2, 0.25) is 5.02 Å². The van der Waals surface area contributed by atoms with Gasteiger partial charge in [-0.25, -0.2) is 15.2 Å². The van der Waals surface area contributed by atoms with Gasteiger partial charge in [-0.3, -0.25) is 4.79 Å². The molecule has 0 aliphatic rings. The molecule has 0 aliphatic carbocycles. The number of nitrogens with zero attached hydrogens (tertiary/aromatic N) is 1. The van der Waals surface area contributed by atoms with Crippen molar-refractivity contribution in [1.29, 1.82) is 0 Å². The first-order chi connectivity index (χ1) is 9.61. The molecular weight excluding hydrogens is 283 g/mol. The minimum Gasteiger partial charge on any atom is -0.348 e. The number of hydrogen-bond donors (Lipinski definition) is 3. The summed E-state index contributed by atoms with van der Waals surface area (Å²) in [5.41, 5.74) is 2.82. The number of nitrogen functional groups attached to an aromatic ring is 1. The van der Waals surface area contributed by atoms with Gasteiger partial charge >= 0.3 is 0 Å². The van der Waals surface area contributed by atoms with Crippen molar-refractivity contribution >= 4 is 23.3 Å². The topological polar surface area (TPSA) is 80.0 Å². The summed E-state index contributed by atoms with van der Waals surface area (Å²) in [5, 5.41) is 3.22. The number of hydrogen-bond acceptors (Lipinski definition) is 4. The number of amides is 1. The van der Waals surface area contributed by atoms with Crippen LogP contribution in [-0.4, -0.2) is 10.9 Å². The van der Waals surface area contributed by atoms with Crippen LogP contribution in [-0.2, 0) is 6.54 Å². The zero-order chi connectivity index (χ0) is 14.5. The Morgan fingerprint density at radius 2 is 2.00 bits per heavy atom. The van der Waals surface area contributed by atoms with E-state index in [1.165, 1.54) is 12.3 Å². The van der Waals surface area contributed by atoms with E-state index in [0.717, 1.165) is 5.56 Å². The summed E-state index contributed by atoms with van der Waals surface area (Å²) in [7, 11) is 0. The molecule has 5 nitrogen and oxygen atoms in total. The molecular formula is C13H12ClFN4O. The van der Waals surface area contributed by atoms with Crippen molar-refractivity contribution in [1.82, 2.24) is 10.3 Å². The number of carbonyl (C=O) groups excluding carboxylic acids is 1. The molecule has 7 heteroatoms. The maximum Gasteiger partial charge on any atom is 0.254 e. The van der Waals surface area contributed by atoms with Gasteiger partial charge in [-0.1, -0.05) is 23.7 Å². The van der Waals surface area contributed by atoms with Gasteiger partial charge in [0.2, 0.25) is 0 Å². The van der Waals surface area contributed by atoms with E-state index in [1.807, 2.05) is 0 Å². The van der Waals surface area contributed by atoms with Crippen LogP contribution in [0.4, 0.5) is 10.2 Å². The normalized spacial score (nSPS) is 10.2. The van der Waals surface area contributed by atoms with Gasteiger partial charge in [0.25, 0.3) is 5.91 Å². The van der Waals surface area contributed by atoms with Gasteiger partial charge in [-0.15, -0.1) is 0 Å². The molecule has 0 radical (unpaired) electrons. The SMILES string of the molecule is NNc1nccc(C(=O)NCc2ccc(Cl)cc2)c1F. The Hall–Kier alpha value is -2.18. The van der Waals surface area contributed by atoms with Gasteiger partial charge in [0, 0.05) is 17.8 Å². The maximum absolute atomic E-state index is 13.8. The zero-order valence-corrected chi connectivity index (χ0v) is 11.1. The highest BCUT2D eigenvalue weighted by Gasteiger charge is 2.15. The largest absolute Gasteiger partial charge is 0.348 e. The van der Waals surface area contributed by atoms with Crippen LogP contribution in [0.15, 0.2) is 36.5 Å². The molecule has 0 bridgehead atoms. The number of carbonyl (C=O) groups is 1. The van der Waals surface area contributed by atoms with Crippen LogP contribution in [0.3, 0.4) is 0 Å².